The molecule has 0 spiro atoms. The molecule has 2 heterocycles. The Labute approximate surface area is 148 Å². The van der Waals surface area contributed by atoms with Gasteiger partial charge < -0.3 is 9.80 Å². The van der Waals surface area contributed by atoms with Crippen LogP contribution in [0.5, 0.6) is 0 Å². The van der Waals surface area contributed by atoms with E-state index in [0.29, 0.717) is 5.92 Å². The van der Waals surface area contributed by atoms with E-state index in [-0.39, 0.29) is 18.1 Å². The van der Waals surface area contributed by atoms with Crippen LogP contribution in [0, 0.1) is 11.7 Å². The number of carbonyl (C=O) groups is 1. The van der Waals surface area contributed by atoms with Crippen molar-refractivity contribution in [1.82, 2.24) is 14.8 Å². The molecule has 1 atom stereocenters. The van der Waals surface area contributed by atoms with Crippen LogP contribution in [0.2, 0.25) is 0 Å². The fourth-order valence-electron chi connectivity index (χ4n) is 3.45. The first-order valence-electron chi connectivity index (χ1n) is 8.70. The molecule has 0 aliphatic carbocycles. The van der Waals surface area contributed by atoms with Crippen molar-refractivity contribution in [2.75, 3.05) is 26.7 Å². The Morgan fingerprint density at radius 1 is 1.32 bits per heavy atom. The molecule has 0 radical (unpaired) electrons. The van der Waals surface area contributed by atoms with Gasteiger partial charge in [-0.05, 0) is 48.7 Å². The van der Waals surface area contributed by atoms with Gasteiger partial charge in [-0.1, -0.05) is 18.2 Å². The number of likely N-dealkylation sites (tertiary alicyclic amines) is 1. The first-order chi connectivity index (χ1) is 12.1. The van der Waals surface area contributed by atoms with Gasteiger partial charge in [0.25, 0.3) is 0 Å². The molecule has 132 valence electrons. The highest BCUT2D eigenvalue weighted by Gasteiger charge is 2.27. The van der Waals surface area contributed by atoms with Gasteiger partial charge in [0.15, 0.2) is 0 Å². The monoisotopic (exact) mass is 341 g/mol. The summed E-state index contributed by atoms with van der Waals surface area (Å²) < 4.78 is 13.2. The molecule has 1 amide bonds. The van der Waals surface area contributed by atoms with Gasteiger partial charge in [0.05, 0.1) is 6.42 Å². The lowest BCUT2D eigenvalue weighted by Crippen LogP contribution is -2.32. The van der Waals surface area contributed by atoms with E-state index in [4.69, 9.17) is 0 Å². The molecule has 0 bridgehead atoms. The summed E-state index contributed by atoms with van der Waals surface area (Å²) >= 11 is 0. The number of hydrogen-bond acceptors (Lipinski definition) is 3. The van der Waals surface area contributed by atoms with Crippen LogP contribution in [0.4, 0.5) is 4.39 Å². The van der Waals surface area contributed by atoms with Crippen LogP contribution in [-0.2, 0) is 17.8 Å². The average Bonchev–Trinajstić information content (AvgIpc) is 3.04. The second-order valence-electron chi connectivity index (χ2n) is 6.86. The average molecular weight is 341 g/mol. The lowest BCUT2D eigenvalue weighted by atomic mass is 10.1. The van der Waals surface area contributed by atoms with Crippen LogP contribution in [0.3, 0.4) is 0 Å². The highest BCUT2D eigenvalue weighted by molar-refractivity contribution is 5.79. The van der Waals surface area contributed by atoms with Crippen molar-refractivity contribution in [1.29, 1.82) is 0 Å². The molecular formula is C20H24FN3O. The van der Waals surface area contributed by atoms with Gasteiger partial charge in [-0.15, -0.1) is 0 Å². The normalized spacial score (nSPS) is 17.2. The summed E-state index contributed by atoms with van der Waals surface area (Å²) in [5.74, 6) is 0.280. The topological polar surface area (TPSA) is 36.4 Å². The predicted molar refractivity (Wildman–Crippen MR) is 95.4 cm³/mol. The second kappa shape index (κ2) is 8.21. The molecule has 3 rings (SSSR count). The number of nitrogens with zero attached hydrogens (tertiary/aromatic N) is 3. The van der Waals surface area contributed by atoms with E-state index in [1.807, 2.05) is 17.2 Å². The number of halogens is 1. The van der Waals surface area contributed by atoms with Gasteiger partial charge in [-0.25, -0.2) is 4.39 Å². The fourth-order valence-corrected chi connectivity index (χ4v) is 3.45. The molecule has 25 heavy (non-hydrogen) atoms. The van der Waals surface area contributed by atoms with Crippen LogP contribution in [0.25, 0.3) is 0 Å². The quantitative estimate of drug-likeness (QED) is 0.811. The van der Waals surface area contributed by atoms with Gasteiger partial charge in [-0.3, -0.25) is 9.78 Å². The Bertz CT molecular complexity index is 707. The minimum absolute atomic E-state index is 0.0861. The second-order valence-corrected chi connectivity index (χ2v) is 6.86. The first kappa shape index (κ1) is 17.5. The van der Waals surface area contributed by atoms with Crippen molar-refractivity contribution >= 4 is 5.91 Å². The van der Waals surface area contributed by atoms with E-state index >= 15 is 0 Å². The van der Waals surface area contributed by atoms with Crippen LogP contribution in [0.1, 0.15) is 17.5 Å². The van der Waals surface area contributed by atoms with Crippen LogP contribution >= 0.6 is 0 Å². The number of amides is 1. The SMILES string of the molecule is CN(Cc1cccnc1)C[C@@H]1CCN(C(=O)Cc2cccc(F)c2)C1. The van der Waals surface area contributed by atoms with Crippen LogP contribution in [-0.4, -0.2) is 47.4 Å². The predicted octanol–water partition coefficient (Wildman–Crippen LogP) is 2.74. The third kappa shape index (κ3) is 5.10. The van der Waals surface area contributed by atoms with Gasteiger partial charge in [0.2, 0.25) is 5.91 Å². The molecule has 1 saturated heterocycles. The Morgan fingerprint density at radius 3 is 2.92 bits per heavy atom. The number of benzene rings is 1. The highest BCUT2D eigenvalue weighted by Crippen LogP contribution is 2.19. The zero-order valence-corrected chi connectivity index (χ0v) is 14.6. The van der Waals surface area contributed by atoms with Crippen LogP contribution < -0.4 is 0 Å². The van der Waals surface area contributed by atoms with Crippen molar-refractivity contribution in [2.24, 2.45) is 5.92 Å². The molecule has 1 aliphatic rings. The summed E-state index contributed by atoms with van der Waals surface area (Å²) in [6, 6.07) is 10.3. The molecule has 2 aromatic rings. The summed E-state index contributed by atoms with van der Waals surface area (Å²) in [7, 11) is 2.10. The van der Waals surface area contributed by atoms with Gasteiger partial charge in [0.1, 0.15) is 5.82 Å². The number of pyridine rings is 1. The summed E-state index contributed by atoms with van der Waals surface area (Å²) in [6.45, 7) is 3.39. The number of hydrogen-bond donors (Lipinski definition) is 0. The standard InChI is InChI=1S/C20H24FN3O/c1-23(13-17-5-3-8-22-12-17)14-18-7-9-24(15-18)20(25)11-16-4-2-6-19(21)10-16/h2-6,8,10,12,18H,7,9,11,13-15H2,1H3/t18-/m0/s1. The number of carbonyl (C=O) groups excluding carboxylic acids is 1. The fraction of sp³-hybridized carbons (Fsp3) is 0.400. The Morgan fingerprint density at radius 2 is 2.16 bits per heavy atom. The maximum Gasteiger partial charge on any atom is 0.227 e. The maximum atomic E-state index is 13.2. The van der Waals surface area contributed by atoms with E-state index in [0.717, 1.165) is 38.2 Å². The Balaban J connectivity index is 1.47. The smallest absolute Gasteiger partial charge is 0.227 e. The molecule has 1 aliphatic heterocycles. The van der Waals surface area contributed by atoms with Crippen LogP contribution in [0.15, 0.2) is 48.8 Å². The highest BCUT2D eigenvalue weighted by atomic mass is 19.1. The van der Waals surface area contributed by atoms with E-state index in [1.54, 1.807) is 18.3 Å². The van der Waals surface area contributed by atoms with E-state index in [2.05, 4.69) is 23.0 Å². The molecule has 5 heteroatoms. The molecule has 0 N–H and O–H groups in total. The summed E-state index contributed by atoms with van der Waals surface area (Å²) in [5, 5.41) is 0. The zero-order valence-electron chi connectivity index (χ0n) is 14.6. The van der Waals surface area contributed by atoms with Crippen molar-refractivity contribution < 1.29 is 9.18 Å². The number of aromatic nitrogens is 1. The van der Waals surface area contributed by atoms with Crippen molar-refractivity contribution in [2.45, 2.75) is 19.4 Å². The van der Waals surface area contributed by atoms with E-state index < -0.39 is 0 Å². The minimum Gasteiger partial charge on any atom is -0.342 e. The Kier molecular flexibility index (Phi) is 5.76. The van der Waals surface area contributed by atoms with Crippen molar-refractivity contribution in [3.05, 3.63) is 65.7 Å². The first-order valence-corrected chi connectivity index (χ1v) is 8.70. The minimum atomic E-state index is -0.290. The van der Waals surface area contributed by atoms with E-state index in [1.165, 1.54) is 17.7 Å². The number of rotatable bonds is 6. The molecular weight excluding hydrogens is 317 g/mol. The molecule has 0 saturated carbocycles. The zero-order chi connectivity index (χ0) is 17.6. The maximum absolute atomic E-state index is 13.2. The van der Waals surface area contributed by atoms with Gasteiger partial charge >= 0.3 is 0 Å². The van der Waals surface area contributed by atoms with E-state index in [9.17, 15) is 9.18 Å². The Hall–Kier alpha value is -2.27. The van der Waals surface area contributed by atoms with Gasteiger partial charge in [-0.2, -0.15) is 0 Å². The van der Waals surface area contributed by atoms with Crippen molar-refractivity contribution in [3.8, 4) is 0 Å². The third-order valence-electron chi connectivity index (χ3n) is 4.63. The molecule has 1 aromatic heterocycles. The third-order valence-corrected chi connectivity index (χ3v) is 4.63. The lowest BCUT2D eigenvalue weighted by molar-refractivity contribution is -0.129. The lowest BCUT2D eigenvalue weighted by Gasteiger charge is -2.21. The summed E-state index contributed by atoms with van der Waals surface area (Å²) in [4.78, 5) is 20.8. The van der Waals surface area contributed by atoms with Gasteiger partial charge in [0, 0.05) is 38.6 Å². The molecule has 4 nitrogen and oxygen atoms in total. The summed E-state index contributed by atoms with van der Waals surface area (Å²) in [5.41, 5.74) is 1.93. The molecule has 0 unspecified atom stereocenters. The molecule has 1 fully saturated rings. The van der Waals surface area contributed by atoms with Crippen molar-refractivity contribution in [3.63, 3.8) is 0 Å². The molecule has 1 aromatic carbocycles. The summed E-state index contributed by atoms with van der Waals surface area (Å²) in [6.07, 6.45) is 4.96. The largest absolute Gasteiger partial charge is 0.342 e.